The van der Waals surface area contributed by atoms with Crippen LogP contribution >= 0.6 is 0 Å². The van der Waals surface area contributed by atoms with Crippen molar-refractivity contribution in [2.45, 2.75) is 31.1 Å². The van der Waals surface area contributed by atoms with Crippen molar-refractivity contribution in [1.29, 1.82) is 0 Å². The van der Waals surface area contributed by atoms with Crippen molar-refractivity contribution in [3.8, 4) is 5.75 Å². The maximum atomic E-state index is 12.6. The number of methoxy groups -OCH3 is 1. The lowest BCUT2D eigenvalue weighted by Crippen LogP contribution is -2.47. The van der Waals surface area contributed by atoms with Crippen LogP contribution in [0.3, 0.4) is 0 Å². The van der Waals surface area contributed by atoms with Crippen LogP contribution in [0.2, 0.25) is 0 Å². The highest BCUT2D eigenvalue weighted by molar-refractivity contribution is 7.88. The predicted molar refractivity (Wildman–Crippen MR) is 79.0 cm³/mol. The molecule has 1 atom stereocenters. The van der Waals surface area contributed by atoms with E-state index in [1.807, 2.05) is 6.07 Å². The van der Waals surface area contributed by atoms with E-state index in [-0.39, 0.29) is 11.8 Å². The van der Waals surface area contributed by atoms with Crippen molar-refractivity contribution < 1.29 is 13.2 Å². The average molecular weight is 298 g/mol. The van der Waals surface area contributed by atoms with E-state index in [0.29, 0.717) is 18.8 Å². The Labute approximate surface area is 120 Å². The summed E-state index contributed by atoms with van der Waals surface area (Å²) in [7, 11) is -1.75. The van der Waals surface area contributed by atoms with E-state index in [9.17, 15) is 8.42 Å². The summed E-state index contributed by atoms with van der Waals surface area (Å²) in [6.07, 6.45) is 2.81. The molecule has 0 bridgehead atoms. The fraction of sp³-hybridized carbons (Fsp3) is 0.571. The molecule has 0 radical (unpaired) electrons. The fourth-order valence-electron chi connectivity index (χ4n) is 2.63. The van der Waals surface area contributed by atoms with Gasteiger partial charge in [0.05, 0.1) is 12.9 Å². The van der Waals surface area contributed by atoms with Crippen molar-refractivity contribution >= 4 is 10.0 Å². The summed E-state index contributed by atoms with van der Waals surface area (Å²) in [6.45, 7) is 0.964. The molecule has 5 nitrogen and oxygen atoms in total. The van der Waals surface area contributed by atoms with Gasteiger partial charge in [0, 0.05) is 19.1 Å². The van der Waals surface area contributed by atoms with Crippen molar-refractivity contribution in [1.82, 2.24) is 4.31 Å². The van der Waals surface area contributed by atoms with Crippen molar-refractivity contribution in [2.75, 3.05) is 20.2 Å². The predicted octanol–water partition coefficient (Wildman–Crippen LogP) is 1.34. The number of nitrogens with two attached hydrogens (primary N) is 1. The summed E-state index contributed by atoms with van der Waals surface area (Å²) in [5.41, 5.74) is 6.44. The molecular weight excluding hydrogens is 276 g/mol. The molecule has 6 heteroatoms. The largest absolute Gasteiger partial charge is 0.497 e. The number of hydrogen-bond donors (Lipinski definition) is 1. The lowest BCUT2D eigenvalue weighted by Gasteiger charge is -2.33. The normalized spacial score (nSPS) is 20.8. The summed E-state index contributed by atoms with van der Waals surface area (Å²) >= 11 is 0. The van der Waals surface area contributed by atoms with Gasteiger partial charge in [-0.25, -0.2) is 8.42 Å². The molecule has 0 aliphatic carbocycles. The van der Waals surface area contributed by atoms with Crippen LogP contribution in [0.5, 0.6) is 5.75 Å². The third kappa shape index (κ3) is 3.50. The number of benzene rings is 1. The van der Waals surface area contributed by atoms with Crippen LogP contribution in [0, 0.1) is 0 Å². The lowest BCUT2D eigenvalue weighted by atomic mass is 10.1. The standard InChI is InChI=1S/C14H22N2O3S/c1-19-14-7-4-5-12(9-14)11-20(17,18)16-8-3-2-6-13(16)10-15/h4-5,7,9,13H,2-3,6,8,10-11,15H2,1H3. The Bertz CT molecular complexity index is 545. The van der Waals surface area contributed by atoms with Crippen LogP contribution in [0.25, 0.3) is 0 Å². The van der Waals surface area contributed by atoms with E-state index in [2.05, 4.69) is 0 Å². The maximum absolute atomic E-state index is 12.6. The van der Waals surface area contributed by atoms with Crippen molar-refractivity contribution in [3.63, 3.8) is 0 Å². The van der Waals surface area contributed by atoms with Gasteiger partial charge in [-0.1, -0.05) is 18.6 Å². The van der Waals surface area contributed by atoms with E-state index in [4.69, 9.17) is 10.5 Å². The quantitative estimate of drug-likeness (QED) is 0.890. The minimum Gasteiger partial charge on any atom is -0.497 e. The highest BCUT2D eigenvalue weighted by Gasteiger charge is 2.31. The number of nitrogens with zero attached hydrogens (tertiary/aromatic N) is 1. The van der Waals surface area contributed by atoms with Gasteiger partial charge in [0.25, 0.3) is 0 Å². The Morgan fingerprint density at radius 3 is 2.90 bits per heavy atom. The molecule has 1 aromatic rings. The number of ether oxygens (including phenoxy) is 1. The minimum atomic E-state index is -3.32. The molecule has 0 spiro atoms. The van der Waals surface area contributed by atoms with Gasteiger partial charge in [0.1, 0.15) is 5.75 Å². The number of hydrogen-bond acceptors (Lipinski definition) is 4. The first-order valence-electron chi connectivity index (χ1n) is 6.89. The van der Waals surface area contributed by atoms with E-state index in [1.165, 1.54) is 0 Å². The zero-order chi connectivity index (χ0) is 14.6. The molecule has 0 amide bonds. The number of sulfonamides is 1. The Morgan fingerprint density at radius 2 is 2.20 bits per heavy atom. The van der Waals surface area contributed by atoms with Gasteiger partial charge in [-0.05, 0) is 30.5 Å². The maximum Gasteiger partial charge on any atom is 0.218 e. The Balaban J connectivity index is 2.17. The van der Waals surface area contributed by atoms with Gasteiger partial charge in [-0.3, -0.25) is 0 Å². The first-order chi connectivity index (χ1) is 9.56. The van der Waals surface area contributed by atoms with Crippen LogP contribution in [0.1, 0.15) is 24.8 Å². The zero-order valence-electron chi connectivity index (χ0n) is 11.8. The molecule has 0 aromatic heterocycles. The third-order valence-electron chi connectivity index (χ3n) is 3.69. The Morgan fingerprint density at radius 1 is 1.40 bits per heavy atom. The second kappa shape index (κ2) is 6.56. The second-order valence-corrected chi connectivity index (χ2v) is 7.03. The first-order valence-corrected chi connectivity index (χ1v) is 8.50. The average Bonchev–Trinajstić information content (AvgIpc) is 2.47. The van der Waals surface area contributed by atoms with E-state index >= 15 is 0 Å². The number of piperidine rings is 1. The second-order valence-electron chi connectivity index (χ2n) is 5.10. The summed E-state index contributed by atoms with van der Waals surface area (Å²) in [5, 5.41) is 0. The van der Waals surface area contributed by atoms with Crippen LogP contribution in [0.4, 0.5) is 0 Å². The minimum absolute atomic E-state index is 0.000694. The molecule has 112 valence electrons. The fourth-order valence-corrected chi connectivity index (χ4v) is 4.45. The highest BCUT2D eigenvalue weighted by atomic mass is 32.2. The Hall–Kier alpha value is -1.11. The van der Waals surface area contributed by atoms with Crippen molar-refractivity contribution in [3.05, 3.63) is 29.8 Å². The third-order valence-corrected chi connectivity index (χ3v) is 5.58. The first kappa shape index (κ1) is 15.3. The van der Waals surface area contributed by atoms with E-state index in [1.54, 1.807) is 29.6 Å². The van der Waals surface area contributed by atoms with Crippen molar-refractivity contribution in [2.24, 2.45) is 5.73 Å². The number of rotatable bonds is 5. The summed E-state index contributed by atoms with van der Waals surface area (Å²) in [4.78, 5) is 0. The van der Waals surface area contributed by atoms with E-state index in [0.717, 1.165) is 24.8 Å². The Kier molecular flexibility index (Phi) is 5.01. The van der Waals surface area contributed by atoms with Gasteiger partial charge >= 0.3 is 0 Å². The summed E-state index contributed by atoms with van der Waals surface area (Å²) < 4.78 is 31.8. The molecule has 1 saturated heterocycles. The van der Waals surface area contributed by atoms with Crippen LogP contribution < -0.4 is 10.5 Å². The zero-order valence-corrected chi connectivity index (χ0v) is 12.6. The van der Waals surface area contributed by atoms with E-state index < -0.39 is 10.0 Å². The molecule has 1 fully saturated rings. The molecule has 1 aromatic carbocycles. The smallest absolute Gasteiger partial charge is 0.218 e. The van der Waals surface area contributed by atoms with Gasteiger partial charge in [0.2, 0.25) is 10.0 Å². The topological polar surface area (TPSA) is 72.6 Å². The van der Waals surface area contributed by atoms with Gasteiger partial charge < -0.3 is 10.5 Å². The molecule has 1 aliphatic heterocycles. The van der Waals surface area contributed by atoms with Crippen LogP contribution in [-0.2, 0) is 15.8 Å². The monoisotopic (exact) mass is 298 g/mol. The van der Waals surface area contributed by atoms with Crippen LogP contribution in [0.15, 0.2) is 24.3 Å². The molecule has 1 heterocycles. The van der Waals surface area contributed by atoms with Crippen LogP contribution in [-0.4, -0.2) is 39.0 Å². The molecule has 1 unspecified atom stereocenters. The molecule has 2 rings (SSSR count). The van der Waals surface area contributed by atoms with Gasteiger partial charge in [-0.15, -0.1) is 0 Å². The lowest BCUT2D eigenvalue weighted by molar-refractivity contribution is 0.257. The van der Waals surface area contributed by atoms with Gasteiger partial charge in [-0.2, -0.15) is 4.31 Å². The molecule has 20 heavy (non-hydrogen) atoms. The molecule has 2 N–H and O–H groups in total. The summed E-state index contributed by atoms with van der Waals surface area (Å²) in [6, 6.07) is 7.12. The molecule has 0 saturated carbocycles. The highest BCUT2D eigenvalue weighted by Crippen LogP contribution is 2.23. The summed E-state index contributed by atoms with van der Waals surface area (Å²) in [5.74, 6) is 0.674. The SMILES string of the molecule is COc1cccc(CS(=O)(=O)N2CCCCC2CN)c1. The van der Waals surface area contributed by atoms with Gasteiger partial charge in [0.15, 0.2) is 0 Å². The molecular formula is C14H22N2O3S. The molecule has 1 aliphatic rings.